The van der Waals surface area contributed by atoms with Crippen molar-refractivity contribution >= 4 is 11.8 Å². The molecule has 0 aliphatic carbocycles. The lowest BCUT2D eigenvalue weighted by molar-refractivity contribution is 0.0601. The molecule has 0 spiro atoms. The average molecular weight is 198 g/mol. The Hall–Kier alpha value is -1.65. The van der Waals surface area contributed by atoms with Crippen molar-refractivity contribution in [3.05, 3.63) is 23.6 Å². The van der Waals surface area contributed by atoms with Gasteiger partial charge in [-0.05, 0) is 19.1 Å². The number of hydrogen-bond acceptors (Lipinski definition) is 4. The Kier molecular flexibility index (Phi) is 3.39. The molecule has 1 aromatic rings. The number of rotatable bonds is 3. The molecule has 1 heterocycles. The molecule has 76 valence electrons. The minimum Gasteiger partial charge on any atom is -0.465 e. The molecule has 0 saturated heterocycles. The molecule has 4 nitrogen and oxygen atoms in total. The lowest BCUT2D eigenvalue weighted by atomic mass is 10.2. The Labute approximate surface area is 81.1 Å². The number of carbonyl (C=O) groups excluding carboxylic acids is 1. The van der Waals surface area contributed by atoms with Crippen molar-refractivity contribution in [2.75, 3.05) is 19.0 Å². The van der Waals surface area contributed by atoms with Crippen LogP contribution in [-0.2, 0) is 4.74 Å². The number of carbonyl (C=O) groups is 1. The molecule has 0 bridgehead atoms. The minimum atomic E-state index is -0.631. The second-order valence-corrected chi connectivity index (χ2v) is 2.55. The fraction of sp³-hybridized carbons (Fsp3) is 0.333. The van der Waals surface area contributed by atoms with E-state index in [4.69, 9.17) is 0 Å². The molecular weight excluding hydrogens is 187 g/mol. The number of aromatic nitrogens is 1. The van der Waals surface area contributed by atoms with Gasteiger partial charge in [0, 0.05) is 6.54 Å². The quantitative estimate of drug-likeness (QED) is 0.589. The van der Waals surface area contributed by atoms with Crippen LogP contribution in [-0.4, -0.2) is 24.6 Å². The molecule has 0 saturated carbocycles. The standard InChI is InChI=1S/C9H11FN2O2/c1-3-11-8-6(9(13)14-2)4-5-7(10)12-8/h4-5H,3H2,1-2H3,(H,11,12). The number of halogens is 1. The third-order valence-electron chi connectivity index (χ3n) is 1.61. The molecule has 0 aliphatic heterocycles. The zero-order valence-electron chi connectivity index (χ0n) is 8.00. The largest absolute Gasteiger partial charge is 0.465 e. The Morgan fingerprint density at radius 3 is 2.93 bits per heavy atom. The maximum Gasteiger partial charge on any atom is 0.341 e. The van der Waals surface area contributed by atoms with E-state index in [-0.39, 0.29) is 11.4 Å². The second kappa shape index (κ2) is 4.55. The van der Waals surface area contributed by atoms with E-state index in [1.54, 1.807) is 0 Å². The summed E-state index contributed by atoms with van der Waals surface area (Å²) in [5, 5.41) is 2.78. The molecule has 5 heteroatoms. The first-order chi connectivity index (χ1) is 6.69. The molecule has 0 radical (unpaired) electrons. The fourth-order valence-corrected chi connectivity index (χ4v) is 1.01. The maximum absolute atomic E-state index is 12.7. The third-order valence-corrected chi connectivity index (χ3v) is 1.61. The number of pyridine rings is 1. The zero-order valence-corrected chi connectivity index (χ0v) is 8.00. The van der Waals surface area contributed by atoms with Crippen LogP contribution in [0.5, 0.6) is 0 Å². The van der Waals surface area contributed by atoms with Crippen molar-refractivity contribution in [2.24, 2.45) is 0 Å². The smallest absolute Gasteiger partial charge is 0.341 e. The monoisotopic (exact) mass is 198 g/mol. The molecule has 0 aliphatic rings. The van der Waals surface area contributed by atoms with E-state index in [0.29, 0.717) is 6.54 Å². The first-order valence-electron chi connectivity index (χ1n) is 4.17. The molecule has 0 fully saturated rings. The molecule has 1 aromatic heterocycles. The van der Waals surface area contributed by atoms with Gasteiger partial charge in [-0.2, -0.15) is 4.39 Å². The minimum absolute atomic E-state index is 0.208. The van der Waals surface area contributed by atoms with Crippen molar-refractivity contribution in [1.82, 2.24) is 4.98 Å². The summed E-state index contributed by atoms with van der Waals surface area (Å²) in [7, 11) is 1.27. The van der Waals surface area contributed by atoms with Gasteiger partial charge < -0.3 is 10.1 Å². The number of methoxy groups -OCH3 is 1. The highest BCUT2D eigenvalue weighted by Gasteiger charge is 2.13. The van der Waals surface area contributed by atoms with Crippen molar-refractivity contribution in [1.29, 1.82) is 0 Å². The van der Waals surface area contributed by atoms with Gasteiger partial charge in [0.1, 0.15) is 11.4 Å². The van der Waals surface area contributed by atoms with E-state index in [1.165, 1.54) is 13.2 Å². The Morgan fingerprint density at radius 1 is 1.64 bits per heavy atom. The van der Waals surface area contributed by atoms with Gasteiger partial charge in [-0.3, -0.25) is 0 Å². The Balaban J connectivity index is 3.07. The SMILES string of the molecule is CCNc1nc(F)ccc1C(=O)OC. The van der Waals surface area contributed by atoms with Crippen LogP contribution in [0.3, 0.4) is 0 Å². The van der Waals surface area contributed by atoms with Gasteiger partial charge >= 0.3 is 5.97 Å². The van der Waals surface area contributed by atoms with Crippen LogP contribution in [0.2, 0.25) is 0 Å². The van der Waals surface area contributed by atoms with Crippen LogP contribution in [0.1, 0.15) is 17.3 Å². The summed E-state index contributed by atoms with van der Waals surface area (Å²) in [5.41, 5.74) is 0.232. The van der Waals surface area contributed by atoms with Gasteiger partial charge in [-0.15, -0.1) is 0 Å². The summed E-state index contributed by atoms with van der Waals surface area (Å²) in [5.74, 6) is -0.957. The van der Waals surface area contributed by atoms with E-state index < -0.39 is 11.9 Å². The van der Waals surface area contributed by atoms with Crippen molar-refractivity contribution in [2.45, 2.75) is 6.92 Å². The van der Waals surface area contributed by atoms with Gasteiger partial charge in [-0.25, -0.2) is 9.78 Å². The van der Waals surface area contributed by atoms with Crippen LogP contribution in [0.25, 0.3) is 0 Å². The number of esters is 1. The predicted molar refractivity (Wildman–Crippen MR) is 49.7 cm³/mol. The first kappa shape index (κ1) is 10.4. The van der Waals surface area contributed by atoms with Crippen molar-refractivity contribution in [3.8, 4) is 0 Å². The molecule has 0 atom stereocenters. The maximum atomic E-state index is 12.7. The van der Waals surface area contributed by atoms with Crippen molar-refractivity contribution in [3.63, 3.8) is 0 Å². The van der Waals surface area contributed by atoms with Gasteiger partial charge in [0.05, 0.1) is 7.11 Å². The van der Waals surface area contributed by atoms with Crippen LogP contribution in [0.15, 0.2) is 12.1 Å². The lowest BCUT2D eigenvalue weighted by Gasteiger charge is -2.07. The highest BCUT2D eigenvalue weighted by molar-refractivity contribution is 5.94. The van der Waals surface area contributed by atoms with Gasteiger partial charge in [0.2, 0.25) is 5.95 Å². The molecular formula is C9H11FN2O2. The molecule has 0 amide bonds. The van der Waals surface area contributed by atoms with Crippen molar-refractivity contribution < 1.29 is 13.9 Å². The molecule has 0 aromatic carbocycles. The average Bonchev–Trinajstić information content (AvgIpc) is 2.17. The number of nitrogens with zero attached hydrogens (tertiary/aromatic N) is 1. The topological polar surface area (TPSA) is 51.2 Å². The summed E-state index contributed by atoms with van der Waals surface area (Å²) in [6.07, 6.45) is 0. The van der Waals surface area contributed by atoms with E-state index >= 15 is 0 Å². The summed E-state index contributed by atoms with van der Waals surface area (Å²) < 4.78 is 17.3. The summed E-state index contributed by atoms with van der Waals surface area (Å²) in [6.45, 7) is 2.38. The van der Waals surface area contributed by atoms with Crippen LogP contribution in [0.4, 0.5) is 10.2 Å². The number of anilines is 1. The summed E-state index contributed by atoms with van der Waals surface area (Å²) in [6, 6.07) is 2.46. The Morgan fingerprint density at radius 2 is 2.36 bits per heavy atom. The molecule has 0 unspecified atom stereocenters. The molecule has 1 rings (SSSR count). The number of ether oxygens (including phenoxy) is 1. The van der Waals surface area contributed by atoms with Crippen LogP contribution in [0, 0.1) is 5.95 Å². The number of nitrogens with one attached hydrogen (secondary N) is 1. The Bertz CT molecular complexity index is 342. The van der Waals surface area contributed by atoms with Crippen LogP contribution >= 0.6 is 0 Å². The molecule has 14 heavy (non-hydrogen) atoms. The van der Waals surface area contributed by atoms with E-state index in [9.17, 15) is 9.18 Å². The summed E-state index contributed by atoms with van der Waals surface area (Å²) in [4.78, 5) is 14.7. The van der Waals surface area contributed by atoms with Gasteiger partial charge in [0.15, 0.2) is 0 Å². The highest BCUT2D eigenvalue weighted by atomic mass is 19.1. The highest BCUT2D eigenvalue weighted by Crippen LogP contribution is 2.13. The second-order valence-electron chi connectivity index (χ2n) is 2.55. The lowest BCUT2D eigenvalue weighted by Crippen LogP contribution is -2.10. The zero-order chi connectivity index (χ0) is 10.6. The predicted octanol–water partition coefficient (Wildman–Crippen LogP) is 1.44. The fourth-order valence-electron chi connectivity index (χ4n) is 1.01. The van der Waals surface area contributed by atoms with E-state index in [2.05, 4.69) is 15.0 Å². The van der Waals surface area contributed by atoms with Gasteiger partial charge in [0.25, 0.3) is 0 Å². The molecule has 1 N–H and O–H groups in total. The van der Waals surface area contributed by atoms with E-state index in [0.717, 1.165) is 6.07 Å². The first-order valence-corrected chi connectivity index (χ1v) is 4.17. The van der Waals surface area contributed by atoms with E-state index in [1.807, 2.05) is 6.92 Å². The number of hydrogen-bond donors (Lipinski definition) is 1. The van der Waals surface area contributed by atoms with Gasteiger partial charge in [-0.1, -0.05) is 0 Å². The normalized spacial score (nSPS) is 9.64. The summed E-state index contributed by atoms with van der Waals surface area (Å²) >= 11 is 0. The van der Waals surface area contributed by atoms with Crippen LogP contribution < -0.4 is 5.32 Å². The third kappa shape index (κ3) is 2.18.